The Morgan fingerprint density at radius 2 is 2.09 bits per heavy atom. The number of urea groups is 1. The number of rotatable bonds is 5. The molecule has 6 nitrogen and oxygen atoms in total. The van der Waals surface area contributed by atoms with Gasteiger partial charge in [-0.15, -0.1) is 0 Å². The van der Waals surface area contributed by atoms with Crippen LogP contribution in [0, 0.1) is 0 Å². The summed E-state index contributed by atoms with van der Waals surface area (Å²) < 4.78 is 5.32. The summed E-state index contributed by atoms with van der Waals surface area (Å²) in [4.78, 5) is 16.0. The number of hydrogen-bond acceptors (Lipinski definition) is 4. The second-order valence-electron chi connectivity index (χ2n) is 5.54. The van der Waals surface area contributed by atoms with E-state index in [1.54, 1.807) is 0 Å². The molecule has 0 saturated heterocycles. The topological polar surface area (TPSA) is 80.0 Å². The zero-order valence-corrected chi connectivity index (χ0v) is 12.6. The van der Waals surface area contributed by atoms with Gasteiger partial charge < -0.3 is 15.2 Å². The molecule has 1 aliphatic rings. The molecule has 1 fully saturated rings. The van der Waals surface area contributed by atoms with Crippen molar-refractivity contribution >= 4 is 11.7 Å². The summed E-state index contributed by atoms with van der Waals surface area (Å²) in [6, 6.07) is 7.23. The minimum atomic E-state index is -0.193. The predicted octanol–water partition coefficient (Wildman–Crippen LogP) is 3.54. The molecule has 6 heteroatoms. The first-order chi connectivity index (χ1) is 10.8. The molecular formula is C16H20N4O2. The maximum Gasteiger partial charge on any atom is 0.319 e. The van der Waals surface area contributed by atoms with Gasteiger partial charge in [0.2, 0.25) is 11.7 Å². The smallest absolute Gasteiger partial charge is 0.319 e. The third-order valence-corrected chi connectivity index (χ3v) is 3.83. The van der Waals surface area contributed by atoms with Crippen molar-refractivity contribution in [1.29, 1.82) is 0 Å². The van der Waals surface area contributed by atoms with Gasteiger partial charge in [0.25, 0.3) is 0 Å². The van der Waals surface area contributed by atoms with E-state index in [1.165, 1.54) is 6.42 Å². The van der Waals surface area contributed by atoms with Crippen molar-refractivity contribution in [3.63, 3.8) is 0 Å². The fraction of sp³-hybridized carbons (Fsp3) is 0.438. The lowest BCUT2D eigenvalue weighted by Gasteiger charge is -2.20. The molecule has 0 atom stereocenters. The van der Waals surface area contributed by atoms with Gasteiger partial charge in [0.1, 0.15) is 0 Å². The monoisotopic (exact) mass is 300 g/mol. The number of hydrogen-bond donors (Lipinski definition) is 2. The Kier molecular flexibility index (Phi) is 4.37. The average Bonchev–Trinajstić information content (AvgIpc) is 2.93. The molecule has 1 aromatic heterocycles. The maximum absolute atomic E-state index is 11.6. The molecule has 0 bridgehead atoms. The zero-order chi connectivity index (χ0) is 15.4. The van der Waals surface area contributed by atoms with Gasteiger partial charge in [-0.2, -0.15) is 4.98 Å². The van der Waals surface area contributed by atoms with Crippen LogP contribution in [0.15, 0.2) is 28.8 Å². The van der Waals surface area contributed by atoms with Crippen LogP contribution in [-0.4, -0.2) is 22.7 Å². The summed E-state index contributed by atoms with van der Waals surface area (Å²) in [5, 5.41) is 9.58. The molecule has 0 radical (unpaired) electrons. The van der Waals surface area contributed by atoms with Gasteiger partial charge in [0, 0.05) is 23.7 Å². The number of carbonyl (C=O) groups is 1. The summed E-state index contributed by atoms with van der Waals surface area (Å²) in [5.41, 5.74) is 1.62. The first-order valence-corrected chi connectivity index (χ1v) is 7.75. The summed E-state index contributed by atoms with van der Waals surface area (Å²) in [7, 11) is 0. The second-order valence-corrected chi connectivity index (χ2v) is 5.54. The highest BCUT2D eigenvalue weighted by Crippen LogP contribution is 2.36. The third kappa shape index (κ3) is 3.27. The van der Waals surface area contributed by atoms with Crippen LogP contribution in [0.5, 0.6) is 0 Å². The van der Waals surface area contributed by atoms with E-state index in [4.69, 9.17) is 4.52 Å². The lowest BCUT2D eigenvalue weighted by Crippen LogP contribution is -2.29. The molecule has 22 heavy (non-hydrogen) atoms. The first-order valence-electron chi connectivity index (χ1n) is 7.75. The number of anilines is 1. The molecule has 0 unspecified atom stereocenters. The Morgan fingerprint density at radius 3 is 2.73 bits per heavy atom. The molecule has 3 rings (SSSR count). The summed E-state index contributed by atoms with van der Waals surface area (Å²) >= 11 is 0. The van der Waals surface area contributed by atoms with Gasteiger partial charge in [-0.05, 0) is 43.5 Å². The van der Waals surface area contributed by atoms with E-state index in [1.807, 2.05) is 31.2 Å². The molecule has 1 aromatic carbocycles. The lowest BCUT2D eigenvalue weighted by atomic mass is 9.85. The minimum absolute atomic E-state index is 0.193. The molecule has 116 valence electrons. The Hall–Kier alpha value is -2.37. The van der Waals surface area contributed by atoms with E-state index in [0.29, 0.717) is 18.3 Å². The first kappa shape index (κ1) is 14.6. The van der Waals surface area contributed by atoms with Gasteiger partial charge in [-0.3, -0.25) is 0 Å². The van der Waals surface area contributed by atoms with Crippen LogP contribution in [0.25, 0.3) is 11.4 Å². The van der Waals surface area contributed by atoms with Gasteiger partial charge in [0.15, 0.2) is 0 Å². The van der Waals surface area contributed by atoms with E-state index in [0.717, 1.165) is 36.4 Å². The van der Waals surface area contributed by atoms with E-state index in [2.05, 4.69) is 20.8 Å². The normalized spacial score (nSPS) is 14.4. The maximum atomic E-state index is 11.6. The second kappa shape index (κ2) is 6.60. The van der Waals surface area contributed by atoms with E-state index in [-0.39, 0.29) is 6.03 Å². The molecule has 2 aromatic rings. The number of carbonyl (C=O) groups excluding carboxylic acids is 1. The highest BCUT2D eigenvalue weighted by Gasteiger charge is 2.25. The van der Waals surface area contributed by atoms with Gasteiger partial charge in [0.05, 0.1) is 0 Å². The van der Waals surface area contributed by atoms with E-state index in [9.17, 15) is 4.79 Å². The summed E-state index contributed by atoms with van der Waals surface area (Å²) in [5.74, 6) is 1.77. The molecule has 1 saturated carbocycles. The van der Waals surface area contributed by atoms with Crippen LogP contribution in [0.1, 0.15) is 44.4 Å². The van der Waals surface area contributed by atoms with Crippen molar-refractivity contribution in [2.75, 3.05) is 11.9 Å². The van der Waals surface area contributed by atoms with Gasteiger partial charge >= 0.3 is 6.03 Å². The Morgan fingerprint density at radius 1 is 1.32 bits per heavy atom. The molecule has 0 spiro atoms. The third-order valence-electron chi connectivity index (χ3n) is 3.83. The van der Waals surface area contributed by atoms with E-state index < -0.39 is 0 Å². The van der Waals surface area contributed by atoms with Crippen molar-refractivity contribution in [2.24, 2.45) is 0 Å². The molecule has 0 aliphatic heterocycles. The molecule has 1 heterocycles. The quantitative estimate of drug-likeness (QED) is 0.885. The van der Waals surface area contributed by atoms with Gasteiger partial charge in [-0.1, -0.05) is 18.5 Å². The average molecular weight is 300 g/mol. The molecular weight excluding hydrogens is 280 g/mol. The summed E-state index contributed by atoms with van der Waals surface area (Å²) in [6.07, 6.45) is 4.42. The number of amides is 2. The number of aromatic nitrogens is 2. The number of benzene rings is 1. The highest BCUT2D eigenvalue weighted by atomic mass is 16.5. The number of nitrogens with zero attached hydrogens (tertiary/aromatic N) is 2. The highest BCUT2D eigenvalue weighted by molar-refractivity contribution is 5.89. The SMILES string of the molecule is CCCNC(=O)Nc1ccc(-c2noc(C3CCC3)n2)cc1. The van der Waals surface area contributed by atoms with Crippen LogP contribution >= 0.6 is 0 Å². The van der Waals surface area contributed by atoms with Crippen molar-refractivity contribution < 1.29 is 9.32 Å². The molecule has 2 amide bonds. The Bertz CT molecular complexity index is 632. The Labute approximate surface area is 129 Å². The molecule has 1 aliphatic carbocycles. The number of nitrogens with one attached hydrogen (secondary N) is 2. The van der Waals surface area contributed by atoms with Crippen molar-refractivity contribution in [1.82, 2.24) is 15.5 Å². The van der Waals surface area contributed by atoms with Crippen LogP contribution in [0.2, 0.25) is 0 Å². The fourth-order valence-electron chi connectivity index (χ4n) is 2.29. The zero-order valence-electron chi connectivity index (χ0n) is 12.6. The standard InChI is InChI=1S/C16H20N4O2/c1-2-10-17-16(21)18-13-8-6-11(7-9-13)14-19-15(22-20-14)12-4-3-5-12/h6-9,12H,2-5,10H2,1H3,(H2,17,18,21). The van der Waals surface area contributed by atoms with Crippen molar-refractivity contribution in [2.45, 2.75) is 38.5 Å². The predicted molar refractivity (Wildman–Crippen MR) is 83.6 cm³/mol. The van der Waals surface area contributed by atoms with Gasteiger partial charge in [-0.25, -0.2) is 4.79 Å². The Balaban J connectivity index is 1.63. The molecule has 2 N–H and O–H groups in total. The van der Waals surface area contributed by atoms with Crippen molar-refractivity contribution in [3.05, 3.63) is 30.2 Å². The van der Waals surface area contributed by atoms with Crippen LogP contribution in [0.4, 0.5) is 10.5 Å². The van der Waals surface area contributed by atoms with Crippen molar-refractivity contribution in [3.8, 4) is 11.4 Å². The fourth-order valence-corrected chi connectivity index (χ4v) is 2.29. The van der Waals surface area contributed by atoms with Crippen LogP contribution in [-0.2, 0) is 0 Å². The van der Waals surface area contributed by atoms with Crippen LogP contribution in [0.3, 0.4) is 0 Å². The largest absolute Gasteiger partial charge is 0.339 e. The minimum Gasteiger partial charge on any atom is -0.339 e. The summed E-state index contributed by atoms with van der Waals surface area (Å²) in [6.45, 7) is 2.68. The van der Waals surface area contributed by atoms with Crippen LogP contribution < -0.4 is 10.6 Å². The van der Waals surface area contributed by atoms with E-state index >= 15 is 0 Å². The lowest BCUT2D eigenvalue weighted by molar-refractivity contribution is 0.252.